The van der Waals surface area contributed by atoms with Crippen LogP contribution in [-0.2, 0) is 9.59 Å². The topological polar surface area (TPSA) is 74.6 Å². The van der Waals surface area contributed by atoms with Gasteiger partial charge in [0.15, 0.2) is 0 Å². The molecule has 4 nitrogen and oxygen atoms in total. The first-order chi connectivity index (χ1) is 5.63. The van der Waals surface area contributed by atoms with Crippen molar-refractivity contribution in [3.05, 3.63) is 23.1 Å². The maximum absolute atomic E-state index is 10.5. The molecule has 1 heterocycles. The van der Waals surface area contributed by atoms with Crippen LogP contribution in [0.15, 0.2) is 23.1 Å². The third-order valence-electron chi connectivity index (χ3n) is 1.32. The molecule has 0 aromatic carbocycles. The normalized spacial score (nSPS) is 21.7. The summed E-state index contributed by atoms with van der Waals surface area (Å²) in [5, 5.41) is 17.8. The average Bonchev–Trinajstić information content (AvgIpc) is 2.04. The Kier molecular flexibility index (Phi) is 2.54. The van der Waals surface area contributed by atoms with Crippen molar-refractivity contribution in [2.24, 2.45) is 0 Å². The molecule has 0 aromatic heterocycles. The van der Waals surface area contributed by atoms with Crippen LogP contribution >= 0.6 is 11.8 Å². The van der Waals surface area contributed by atoms with Gasteiger partial charge in [0.1, 0.15) is 5.25 Å². The van der Waals surface area contributed by atoms with Gasteiger partial charge >= 0.3 is 11.9 Å². The zero-order valence-corrected chi connectivity index (χ0v) is 6.75. The van der Waals surface area contributed by atoms with Crippen molar-refractivity contribution < 1.29 is 19.8 Å². The lowest BCUT2D eigenvalue weighted by molar-refractivity contribution is -0.139. The molecule has 0 amide bonds. The third-order valence-corrected chi connectivity index (χ3v) is 2.36. The van der Waals surface area contributed by atoms with Crippen molar-refractivity contribution in [3.8, 4) is 0 Å². The van der Waals surface area contributed by atoms with E-state index in [0.717, 1.165) is 11.8 Å². The molecule has 0 aliphatic carbocycles. The summed E-state index contributed by atoms with van der Waals surface area (Å²) in [5.74, 6) is -2.31. The molecule has 64 valence electrons. The standard InChI is InChI=1S/C7H6O4S/c8-6(9)4-2-1-3-12-5(4)7(10)11/h1-3,5H,(H,8,9)(H,10,11). The quantitative estimate of drug-likeness (QED) is 0.664. The number of carbonyl (C=O) groups is 2. The number of thioether (sulfide) groups is 1. The summed E-state index contributed by atoms with van der Waals surface area (Å²) in [6.07, 6.45) is 2.82. The van der Waals surface area contributed by atoms with Crippen molar-refractivity contribution >= 4 is 23.7 Å². The highest BCUT2D eigenvalue weighted by Crippen LogP contribution is 2.25. The van der Waals surface area contributed by atoms with Gasteiger partial charge in [-0.2, -0.15) is 0 Å². The largest absolute Gasteiger partial charge is 0.480 e. The second-order valence-electron chi connectivity index (χ2n) is 2.11. The van der Waals surface area contributed by atoms with Crippen molar-refractivity contribution in [1.82, 2.24) is 0 Å². The smallest absolute Gasteiger partial charge is 0.333 e. The second-order valence-corrected chi connectivity index (χ2v) is 3.13. The molecule has 1 rings (SSSR count). The number of carboxylic acid groups (broad SMARTS) is 2. The van der Waals surface area contributed by atoms with Crippen LogP contribution in [0.1, 0.15) is 0 Å². The number of aliphatic carboxylic acids is 2. The Bertz CT molecular complexity index is 279. The minimum absolute atomic E-state index is 0.0880. The SMILES string of the molecule is O=C(O)C1=CC=CSC1C(=O)O. The Balaban J connectivity index is 2.91. The Morgan fingerprint density at radius 3 is 2.50 bits per heavy atom. The Morgan fingerprint density at radius 2 is 2.08 bits per heavy atom. The number of allylic oxidation sites excluding steroid dienone is 2. The molecule has 1 aliphatic heterocycles. The third kappa shape index (κ3) is 1.68. The van der Waals surface area contributed by atoms with Crippen LogP contribution < -0.4 is 0 Å². The zero-order valence-electron chi connectivity index (χ0n) is 5.93. The number of hydrogen-bond acceptors (Lipinski definition) is 3. The van der Waals surface area contributed by atoms with E-state index >= 15 is 0 Å². The molecule has 0 aromatic rings. The molecule has 12 heavy (non-hydrogen) atoms. The highest BCUT2D eigenvalue weighted by molar-refractivity contribution is 8.03. The summed E-state index contributed by atoms with van der Waals surface area (Å²) in [6.45, 7) is 0. The van der Waals surface area contributed by atoms with Crippen molar-refractivity contribution in [1.29, 1.82) is 0 Å². The average molecular weight is 186 g/mol. The van der Waals surface area contributed by atoms with Gasteiger partial charge in [0.2, 0.25) is 0 Å². The maximum atomic E-state index is 10.5. The summed E-state index contributed by atoms with van der Waals surface area (Å²) in [7, 11) is 0. The molecule has 0 saturated carbocycles. The molecule has 0 spiro atoms. The first-order valence-corrected chi connectivity index (χ1v) is 4.05. The monoisotopic (exact) mass is 186 g/mol. The van der Waals surface area contributed by atoms with Gasteiger partial charge in [-0.3, -0.25) is 4.79 Å². The molecule has 1 unspecified atom stereocenters. The summed E-state index contributed by atoms with van der Waals surface area (Å²) >= 11 is 0.979. The van der Waals surface area contributed by atoms with Gasteiger partial charge in [0.05, 0.1) is 5.57 Å². The molecule has 0 radical (unpaired) electrons. The summed E-state index contributed by atoms with van der Waals surface area (Å²) < 4.78 is 0. The minimum atomic E-state index is -1.18. The zero-order chi connectivity index (χ0) is 9.14. The second kappa shape index (κ2) is 3.44. The number of rotatable bonds is 2. The van der Waals surface area contributed by atoms with Crippen molar-refractivity contribution in [2.45, 2.75) is 5.25 Å². The van der Waals surface area contributed by atoms with Gasteiger partial charge in [-0.05, 0) is 11.5 Å². The lowest BCUT2D eigenvalue weighted by Crippen LogP contribution is -2.24. The van der Waals surface area contributed by atoms with Crippen LogP contribution in [0.2, 0.25) is 0 Å². The molecule has 5 heteroatoms. The fourth-order valence-electron chi connectivity index (χ4n) is 0.802. The summed E-state index contributed by atoms with van der Waals surface area (Å²) in [5.41, 5.74) is -0.0880. The predicted octanol–water partition coefficient (Wildman–Crippen LogP) is 0.711. The summed E-state index contributed by atoms with van der Waals surface area (Å²) in [6, 6.07) is 0. The molecular formula is C7H6O4S. The Morgan fingerprint density at radius 1 is 1.42 bits per heavy atom. The Labute approximate surface area is 72.6 Å². The van der Waals surface area contributed by atoms with Crippen LogP contribution in [0.4, 0.5) is 0 Å². The van der Waals surface area contributed by atoms with E-state index in [4.69, 9.17) is 10.2 Å². The first kappa shape index (κ1) is 8.86. The number of carboxylic acids is 2. The van der Waals surface area contributed by atoms with E-state index in [-0.39, 0.29) is 5.57 Å². The molecule has 0 saturated heterocycles. The molecule has 0 fully saturated rings. The highest BCUT2D eigenvalue weighted by Gasteiger charge is 2.27. The lowest BCUT2D eigenvalue weighted by atomic mass is 10.1. The Hall–Kier alpha value is -1.23. The fraction of sp³-hybridized carbons (Fsp3) is 0.143. The molecule has 0 bridgehead atoms. The van der Waals surface area contributed by atoms with Gasteiger partial charge in [0.25, 0.3) is 0 Å². The van der Waals surface area contributed by atoms with Gasteiger partial charge < -0.3 is 10.2 Å². The maximum Gasteiger partial charge on any atom is 0.333 e. The van der Waals surface area contributed by atoms with Gasteiger partial charge in [-0.25, -0.2) is 4.79 Å². The van der Waals surface area contributed by atoms with Crippen LogP contribution in [0.3, 0.4) is 0 Å². The predicted molar refractivity (Wildman–Crippen MR) is 43.9 cm³/mol. The van der Waals surface area contributed by atoms with Gasteiger partial charge in [0, 0.05) is 0 Å². The minimum Gasteiger partial charge on any atom is -0.480 e. The van der Waals surface area contributed by atoms with E-state index < -0.39 is 17.2 Å². The van der Waals surface area contributed by atoms with Crippen LogP contribution in [-0.4, -0.2) is 27.4 Å². The molecular weight excluding hydrogens is 180 g/mol. The van der Waals surface area contributed by atoms with Gasteiger partial charge in [-0.1, -0.05) is 6.08 Å². The van der Waals surface area contributed by atoms with Crippen molar-refractivity contribution in [3.63, 3.8) is 0 Å². The highest BCUT2D eigenvalue weighted by atomic mass is 32.2. The van der Waals surface area contributed by atoms with E-state index in [1.165, 1.54) is 12.2 Å². The van der Waals surface area contributed by atoms with E-state index in [9.17, 15) is 9.59 Å². The van der Waals surface area contributed by atoms with Crippen LogP contribution in [0, 0.1) is 0 Å². The van der Waals surface area contributed by atoms with E-state index in [0.29, 0.717) is 0 Å². The molecule has 1 aliphatic rings. The molecule has 2 N–H and O–H groups in total. The lowest BCUT2D eigenvalue weighted by Gasteiger charge is -2.12. The fourth-order valence-corrected chi connectivity index (χ4v) is 1.57. The first-order valence-electron chi connectivity index (χ1n) is 3.11. The van der Waals surface area contributed by atoms with E-state index in [1.54, 1.807) is 5.41 Å². The summed E-state index contributed by atoms with van der Waals surface area (Å²) in [4.78, 5) is 21.0. The van der Waals surface area contributed by atoms with Crippen molar-refractivity contribution in [2.75, 3.05) is 0 Å². The molecule has 1 atom stereocenters. The number of hydrogen-bond donors (Lipinski definition) is 2. The van der Waals surface area contributed by atoms with Gasteiger partial charge in [-0.15, -0.1) is 11.8 Å². The van der Waals surface area contributed by atoms with E-state index in [2.05, 4.69) is 0 Å². The van der Waals surface area contributed by atoms with Crippen LogP contribution in [0.5, 0.6) is 0 Å². The van der Waals surface area contributed by atoms with Crippen LogP contribution in [0.25, 0.3) is 0 Å². The van der Waals surface area contributed by atoms with E-state index in [1.807, 2.05) is 0 Å².